The van der Waals surface area contributed by atoms with Gasteiger partial charge in [0.15, 0.2) is 0 Å². The van der Waals surface area contributed by atoms with E-state index in [0.717, 1.165) is 30.0 Å². The molecule has 2 heterocycles. The van der Waals surface area contributed by atoms with Crippen LogP contribution in [0.2, 0.25) is 0 Å². The number of rotatable bonds is 5. The lowest BCUT2D eigenvalue weighted by Crippen LogP contribution is -1.97. The van der Waals surface area contributed by atoms with Crippen molar-refractivity contribution in [3.8, 4) is 0 Å². The number of nitrogens with zero attached hydrogens (tertiary/aromatic N) is 2. The zero-order chi connectivity index (χ0) is 15.5. The van der Waals surface area contributed by atoms with Gasteiger partial charge in [0.05, 0.1) is 11.4 Å². The van der Waals surface area contributed by atoms with Crippen LogP contribution in [0.5, 0.6) is 0 Å². The minimum atomic E-state index is 0.578. The molecular weight excluding hydrogens is 270 g/mol. The van der Waals surface area contributed by atoms with Crippen molar-refractivity contribution in [2.24, 2.45) is 0 Å². The second-order valence-electron chi connectivity index (χ2n) is 6.02. The van der Waals surface area contributed by atoms with Crippen molar-refractivity contribution in [1.29, 1.82) is 0 Å². The number of imidazole rings is 1. The van der Waals surface area contributed by atoms with E-state index in [1.54, 1.807) is 0 Å². The predicted octanol–water partition coefficient (Wildman–Crippen LogP) is 4.48. The topological polar surface area (TPSA) is 29.3 Å². The van der Waals surface area contributed by atoms with Gasteiger partial charge in [-0.1, -0.05) is 38.1 Å². The van der Waals surface area contributed by atoms with Crippen LogP contribution in [0.4, 0.5) is 5.69 Å². The molecule has 0 aliphatic heterocycles. The monoisotopic (exact) mass is 293 g/mol. The molecule has 3 nitrogen and oxygen atoms in total. The zero-order valence-electron chi connectivity index (χ0n) is 13.5. The molecule has 0 fully saturated rings. The smallest absolute Gasteiger partial charge is 0.137 e. The van der Waals surface area contributed by atoms with E-state index < -0.39 is 0 Å². The summed E-state index contributed by atoms with van der Waals surface area (Å²) < 4.78 is 2.09. The fraction of sp³-hybridized carbons (Fsp3) is 0.316. The van der Waals surface area contributed by atoms with E-state index in [1.165, 1.54) is 11.1 Å². The molecule has 0 saturated heterocycles. The highest BCUT2D eigenvalue weighted by atomic mass is 15.0. The Morgan fingerprint density at radius 2 is 1.82 bits per heavy atom. The van der Waals surface area contributed by atoms with Gasteiger partial charge in [0.1, 0.15) is 5.65 Å². The number of anilines is 1. The molecule has 3 aromatic rings. The Hall–Kier alpha value is -2.29. The molecular formula is C19H23N3. The Kier molecular flexibility index (Phi) is 4.14. The highest BCUT2D eigenvalue weighted by Crippen LogP contribution is 2.17. The van der Waals surface area contributed by atoms with Gasteiger partial charge in [-0.25, -0.2) is 4.98 Å². The normalized spacial score (nSPS) is 11.3. The zero-order valence-corrected chi connectivity index (χ0v) is 13.5. The molecule has 0 aliphatic rings. The third kappa shape index (κ3) is 3.14. The number of hydrogen-bond donors (Lipinski definition) is 1. The molecule has 0 bridgehead atoms. The molecule has 3 heteroatoms. The molecule has 2 aromatic heterocycles. The van der Waals surface area contributed by atoms with E-state index in [0.29, 0.717) is 5.92 Å². The molecule has 3 rings (SSSR count). The van der Waals surface area contributed by atoms with Crippen molar-refractivity contribution in [2.45, 2.75) is 33.1 Å². The lowest BCUT2D eigenvalue weighted by molar-refractivity contribution is 0.865. The maximum Gasteiger partial charge on any atom is 0.137 e. The second-order valence-corrected chi connectivity index (χ2v) is 6.02. The van der Waals surface area contributed by atoms with E-state index in [4.69, 9.17) is 4.98 Å². The summed E-state index contributed by atoms with van der Waals surface area (Å²) in [6.45, 7) is 7.47. The third-order valence-corrected chi connectivity index (χ3v) is 3.91. The SMILES string of the molecule is CCNc1ccc2nc(Cc3ccc(C(C)C)cc3)cn2c1. The summed E-state index contributed by atoms with van der Waals surface area (Å²) in [4.78, 5) is 4.70. The molecule has 0 radical (unpaired) electrons. The summed E-state index contributed by atoms with van der Waals surface area (Å²) in [5, 5.41) is 3.33. The van der Waals surface area contributed by atoms with Crippen LogP contribution in [-0.2, 0) is 6.42 Å². The number of nitrogens with one attached hydrogen (secondary N) is 1. The van der Waals surface area contributed by atoms with Gasteiger partial charge in [-0.15, -0.1) is 0 Å². The fourth-order valence-electron chi connectivity index (χ4n) is 2.67. The summed E-state index contributed by atoms with van der Waals surface area (Å²) in [5.74, 6) is 0.578. The largest absolute Gasteiger partial charge is 0.384 e. The first-order valence-corrected chi connectivity index (χ1v) is 7.96. The number of hydrogen-bond acceptors (Lipinski definition) is 2. The maximum absolute atomic E-state index is 4.70. The molecule has 22 heavy (non-hydrogen) atoms. The van der Waals surface area contributed by atoms with Gasteiger partial charge in [-0.2, -0.15) is 0 Å². The Morgan fingerprint density at radius 3 is 2.50 bits per heavy atom. The second kappa shape index (κ2) is 6.22. The molecule has 0 unspecified atom stereocenters. The van der Waals surface area contributed by atoms with E-state index >= 15 is 0 Å². The third-order valence-electron chi connectivity index (χ3n) is 3.91. The molecule has 1 aromatic carbocycles. The van der Waals surface area contributed by atoms with Gasteiger partial charge >= 0.3 is 0 Å². The van der Waals surface area contributed by atoms with E-state index in [9.17, 15) is 0 Å². The minimum Gasteiger partial charge on any atom is -0.384 e. The molecule has 1 N–H and O–H groups in total. The van der Waals surface area contributed by atoms with Crippen molar-refractivity contribution >= 4 is 11.3 Å². The Labute approximate surface area is 132 Å². The van der Waals surface area contributed by atoms with Crippen LogP contribution < -0.4 is 5.32 Å². The molecule has 0 atom stereocenters. The van der Waals surface area contributed by atoms with Crippen LogP contribution in [0, 0.1) is 0 Å². The summed E-state index contributed by atoms with van der Waals surface area (Å²) in [6.07, 6.45) is 5.08. The van der Waals surface area contributed by atoms with Gasteiger partial charge in [0.2, 0.25) is 0 Å². The average Bonchev–Trinajstić information content (AvgIpc) is 2.89. The maximum atomic E-state index is 4.70. The van der Waals surface area contributed by atoms with E-state index in [1.807, 2.05) is 0 Å². The first-order valence-electron chi connectivity index (χ1n) is 7.96. The van der Waals surface area contributed by atoms with Crippen molar-refractivity contribution in [3.63, 3.8) is 0 Å². The van der Waals surface area contributed by atoms with Crippen molar-refractivity contribution in [3.05, 3.63) is 65.6 Å². The quantitative estimate of drug-likeness (QED) is 0.751. The molecule has 114 valence electrons. The number of fused-ring (bicyclic) bond motifs is 1. The molecule has 0 saturated carbocycles. The molecule has 0 amide bonds. The highest BCUT2D eigenvalue weighted by Gasteiger charge is 2.05. The van der Waals surface area contributed by atoms with Crippen LogP contribution in [0.15, 0.2) is 48.8 Å². The molecule has 0 spiro atoms. The summed E-state index contributed by atoms with van der Waals surface area (Å²) in [6, 6.07) is 13.0. The van der Waals surface area contributed by atoms with Gasteiger partial charge in [0, 0.05) is 25.4 Å². The fourth-order valence-corrected chi connectivity index (χ4v) is 2.67. The van der Waals surface area contributed by atoms with Crippen molar-refractivity contribution < 1.29 is 0 Å². The van der Waals surface area contributed by atoms with Crippen molar-refractivity contribution in [2.75, 3.05) is 11.9 Å². The Morgan fingerprint density at radius 1 is 1.05 bits per heavy atom. The molecule has 0 aliphatic carbocycles. The van der Waals surface area contributed by atoms with Crippen LogP contribution in [-0.4, -0.2) is 15.9 Å². The summed E-state index contributed by atoms with van der Waals surface area (Å²) in [7, 11) is 0. The summed E-state index contributed by atoms with van der Waals surface area (Å²) in [5.41, 5.74) is 5.91. The lowest BCUT2D eigenvalue weighted by Gasteiger charge is -2.05. The van der Waals surface area contributed by atoms with Crippen LogP contribution in [0.3, 0.4) is 0 Å². The average molecular weight is 293 g/mol. The van der Waals surface area contributed by atoms with Crippen molar-refractivity contribution in [1.82, 2.24) is 9.38 Å². The highest BCUT2D eigenvalue weighted by molar-refractivity contribution is 5.51. The van der Waals surface area contributed by atoms with Crippen LogP contribution in [0.1, 0.15) is 43.5 Å². The standard InChI is InChI=1S/C19H23N3/c1-4-20-17-9-10-19-21-18(13-22(19)12-17)11-15-5-7-16(8-6-15)14(2)3/h5-10,12-14,20H,4,11H2,1-3H3. The lowest BCUT2D eigenvalue weighted by atomic mass is 10.0. The van der Waals surface area contributed by atoms with Crippen LogP contribution in [0.25, 0.3) is 5.65 Å². The Balaban J connectivity index is 1.81. The number of pyridine rings is 1. The Bertz CT molecular complexity index is 754. The van der Waals surface area contributed by atoms with Gasteiger partial charge < -0.3 is 9.72 Å². The minimum absolute atomic E-state index is 0.578. The first kappa shape index (κ1) is 14.6. The number of aromatic nitrogens is 2. The predicted molar refractivity (Wildman–Crippen MR) is 92.7 cm³/mol. The van der Waals surface area contributed by atoms with Gasteiger partial charge in [-0.05, 0) is 36.1 Å². The number of benzene rings is 1. The van der Waals surface area contributed by atoms with Gasteiger partial charge in [-0.3, -0.25) is 0 Å². The first-order chi connectivity index (χ1) is 10.7. The van der Waals surface area contributed by atoms with Crippen LogP contribution >= 0.6 is 0 Å². The van der Waals surface area contributed by atoms with Gasteiger partial charge in [0.25, 0.3) is 0 Å². The summed E-state index contributed by atoms with van der Waals surface area (Å²) >= 11 is 0. The van der Waals surface area contributed by atoms with E-state index in [-0.39, 0.29) is 0 Å². The van der Waals surface area contributed by atoms with E-state index in [2.05, 4.69) is 79.3 Å².